The van der Waals surface area contributed by atoms with Gasteiger partial charge in [0.2, 0.25) is 0 Å². The Morgan fingerprint density at radius 1 is 1.86 bits per heavy atom. The van der Waals surface area contributed by atoms with E-state index in [1.807, 2.05) is 5.43 Å². The van der Waals surface area contributed by atoms with E-state index < -0.39 is 5.97 Å². The van der Waals surface area contributed by atoms with Gasteiger partial charge in [0, 0.05) is 0 Å². The summed E-state index contributed by atoms with van der Waals surface area (Å²) in [6.45, 7) is -0.181. The molecule has 0 bridgehead atoms. The standard InChI is InChI=1S/C2H6N2O2.Na.H/c3-4-1-2(5)6;;/h4H,1,3H2,(H,5,6);;. The number of carboxylic acid groups (broad SMARTS) is 1. The zero-order valence-corrected chi connectivity index (χ0v) is 3.14. The number of nitrogens with one attached hydrogen (secondary N) is 1. The Hall–Kier alpha value is 0.390. The van der Waals surface area contributed by atoms with Crippen molar-refractivity contribution < 1.29 is 9.90 Å². The molecule has 0 atom stereocenters. The minimum atomic E-state index is -0.947. The van der Waals surface area contributed by atoms with Crippen LogP contribution >= 0.6 is 0 Å². The number of hydrogen-bond acceptors (Lipinski definition) is 3. The summed E-state index contributed by atoms with van der Waals surface area (Å²) in [4.78, 5) is 9.46. The van der Waals surface area contributed by atoms with Crippen molar-refractivity contribution in [1.29, 1.82) is 0 Å². The van der Waals surface area contributed by atoms with E-state index in [1.165, 1.54) is 0 Å². The summed E-state index contributed by atoms with van der Waals surface area (Å²) < 4.78 is 0. The Morgan fingerprint density at radius 3 is 2.29 bits per heavy atom. The number of aliphatic carboxylic acids is 1. The average molecular weight is 114 g/mol. The summed E-state index contributed by atoms with van der Waals surface area (Å²) in [5, 5.41) is 7.77. The van der Waals surface area contributed by atoms with Crippen LogP contribution in [-0.4, -0.2) is 47.2 Å². The van der Waals surface area contributed by atoms with Crippen molar-refractivity contribution in [2.45, 2.75) is 0 Å². The third kappa shape index (κ3) is 10.7. The van der Waals surface area contributed by atoms with Gasteiger partial charge in [0.25, 0.3) is 0 Å². The van der Waals surface area contributed by atoms with Gasteiger partial charge in [0.1, 0.15) is 6.54 Å². The van der Waals surface area contributed by atoms with Gasteiger partial charge in [-0.25, -0.2) is 5.43 Å². The van der Waals surface area contributed by atoms with Crippen LogP contribution in [0.2, 0.25) is 0 Å². The Balaban J connectivity index is 0. The van der Waals surface area contributed by atoms with E-state index in [2.05, 4.69) is 5.84 Å². The van der Waals surface area contributed by atoms with Crippen molar-refractivity contribution >= 4 is 35.5 Å². The predicted molar refractivity (Wildman–Crippen MR) is 27.0 cm³/mol. The number of carbonyl (C=O) groups is 1. The van der Waals surface area contributed by atoms with Gasteiger partial charge in [-0.15, -0.1) is 0 Å². The first-order valence-corrected chi connectivity index (χ1v) is 1.42. The van der Waals surface area contributed by atoms with Gasteiger partial charge >= 0.3 is 35.5 Å². The molecule has 0 spiro atoms. The number of hydrogen-bond donors (Lipinski definition) is 3. The van der Waals surface area contributed by atoms with Crippen LogP contribution in [0, 0.1) is 0 Å². The zero-order chi connectivity index (χ0) is 4.99. The van der Waals surface area contributed by atoms with E-state index >= 15 is 0 Å². The van der Waals surface area contributed by atoms with Crippen molar-refractivity contribution in [3.8, 4) is 0 Å². The number of hydrazine groups is 1. The molecule has 0 aromatic carbocycles. The summed E-state index contributed by atoms with van der Waals surface area (Å²) in [6, 6.07) is 0. The van der Waals surface area contributed by atoms with E-state index in [4.69, 9.17) is 5.11 Å². The van der Waals surface area contributed by atoms with Crippen molar-refractivity contribution in [3.05, 3.63) is 0 Å². The van der Waals surface area contributed by atoms with Gasteiger partial charge in [0.05, 0.1) is 0 Å². The topological polar surface area (TPSA) is 75.3 Å². The Labute approximate surface area is 63.3 Å². The number of nitrogens with two attached hydrogens (primary N) is 1. The molecule has 4 N–H and O–H groups in total. The first-order chi connectivity index (χ1) is 2.77. The van der Waals surface area contributed by atoms with Gasteiger partial charge < -0.3 is 5.11 Å². The molecule has 7 heavy (non-hydrogen) atoms. The molecular weight excluding hydrogens is 107 g/mol. The molecule has 0 aromatic heterocycles. The fourth-order valence-corrected chi connectivity index (χ4v) is 0.0873. The fraction of sp³-hybridized carbons (Fsp3) is 0.500. The summed E-state index contributed by atoms with van der Waals surface area (Å²) in [6.07, 6.45) is 0. The van der Waals surface area contributed by atoms with Crippen molar-refractivity contribution in [1.82, 2.24) is 5.43 Å². The molecule has 4 nitrogen and oxygen atoms in total. The molecule has 0 amide bonds. The van der Waals surface area contributed by atoms with Crippen LogP contribution in [0.15, 0.2) is 0 Å². The van der Waals surface area contributed by atoms with Crippen LogP contribution in [0.4, 0.5) is 0 Å². The molecule has 0 aliphatic carbocycles. The quantitative estimate of drug-likeness (QED) is 0.218. The molecule has 0 aliphatic heterocycles. The predicted octanol–water partition coefficient (Wildman–Crippen LogP) is -2.11. The summed E-state index contributed by atoms with van der Waals surface area (Å²) >= 11 is 0. The molecule has 0 heterocycles. The van der Waals surface area contributed by atoms with Gasteiger partial charge in [-0.2, -0.15) is 0 Å². The van der Waals surface area contributed by atoms with Gasteiger partial charge in [0.15, 0.2) is 0 Å². The van der Waals surface area contributed by atoms with Crippen molar-refractivity contribution in [2.75, 3.05) is 6.54 Å². The monoisotopic (exact) mass is 114 g/mol. The van der Waals surface area contributed by atoms with Crippen molar-refractivity contribution in [2.24, 2.45) is 5.84 Å². The second-order valence-electron chi connectivity index (χ2n) is 0.775. The second kappa shape index (κ2) is 6.39. The van der Waals surface area contributed by atoms with E-state index in [0.29, 0.717) is 0 Å². The first kappa shape index (κ1) is 10.4. The van der Waals surface area contributed by atoms with E-state index in [-0.39, 0.29) is 36.1 Å². The van der Waals surface area contributed by atoms with E-state index in [1.54, 1.807) is 0 Å². The molecule has 0 fully saturated rings. The molecule has 0 rings (SSSR count). The molecule has 0 saturated carbocycles. The molecule has 0 unspecified atom stereocenters. The van der Waals surface area contributed by atoms with Crippen molar-refractivity contribution in [3.63, 3.8) is 0 Å². The SMILES string of the molecule is NNCC(=O)O.[NaH]. The Kier molecular flexibility index (Phi) is 9.48. The van der Waals surface area contributed by atoms with Crippen LogP contribution in [0.25, 0.3) is 0 Å². The molecule has 38 valence electrons. The Bertz CT molecular complexity index is 57.7. The number of rotatable bonds is 2. The number of carboxylic acids is 1. The maximum atomic E-state index is 9.46. The molecule has 0 saturated heterocycles. The maximum absolute atomic E-state index is 9.46. The third-order valence-electron chi connectivity index (χ3n) is 0.253. The molecule has 5 heteroatoms. The zero-order valence-electron chi connectivity index (χ0n) is 3.14. The Morgan fingerprint density at radius 2 is 2.29 bits per heavy atom. The van der Waals surface area contributed by atoms with E-state index in [9.17, 15) is 4.79 Å². The normalized spacial score (nSPS) is 7.00. The third-order valence-corrected chi connectivity index (χ3v) is 0.253. The molecule has 0 radical (unpaired) electrons. The second-order valence-corrected chi connectivity index (χ2v) is 0.775. The molecule has 0 aromatic rings. The van der Waals surface area contributed by atoms with E-state index in [0.717, 1.165) is 0 Å². The first-order valence-electron chi connectivity index (χ1n) is 1.42. The van der Waals surface area contributed by atoms with Crippen LogP contribution in [0.1, 0.15) is 0 Å². The summed E-state index contributed by atoms with van der Waals surface area (Å²) in [5.41, 5.74) is 1.97. The van der Waals surface area contributed by atoms with Crippen LogP contribution < -0.4 is 11.3 Å². The molecule has 0 aliphatic rings. The summed E-state index contributed by atoms with van der Waals surface area (Å²) in [5.74, 6) is 3.65. The van der Waals surface area contributed by atoms with Crippen LogP contribution in [-0.2, 0) is 4.79 Å². The van der Waals surface area contributed by atoms with Gasteiger partial charge in [-0.3, -0.25) is 10.6 Å². The van der Waals surface area contributed by atoms with Gasteiger partial charge in [-0.05, 0) is 0 Å². The fourth-order valence-electron chi connectivity index (χ4n) is 0.0873. The molecular formula is C2H7N2NaO2. The summed E-state index contributed by atoms with van der Waals surface area (Å²) in [7, 11) is 0. The van der Waals surface area contributed by atoms with Crippen LogP contribution in [0.3, 0.4) is 0 Å². The van der Waals surface area contributed by atoms with Crippen LogP contribution in [0.5, 0.6) is 0 Å². The van der Waals surface area contributed by atoms with Gasteiger partial charge in [-0.1, -0.05) is 0 Å². The average Bonchev–Trinajstić information content (AvgIpc) is 1.35. The minimum absolute atomic E-state index is 0.